The van der Waals surface area contributed by atoms with Crippen molar-refractivity contribution in [1.82, 2.24) is 15.1 Å². The molecule has 1 N–H and O–H groups in total. The van der Waals surface area contributed by atoms with Gasteiger partial charge in [0.1, 0.15) is 6.04 Å². The largest absolute Gasteiger partial charge is 0.436 e. The first-order valence-electron chi connectivity index (χ1n) is 5.84. The molecule has 1 atom stereocenters. The van der Waals surface area contributed by atoms with E-state index in [0.29, 0.717) is 0 Å². The zero-order valence-electron chi connectivity index (χ0n) is 10.4. The Labute approximate surface area is 116 Å². The van der Waals surface area contributed by atoms with Crippen LogP contribution in [0.15, 0.2) is 4.47 Å². The van der Waals surface area contributed by atoms with Gasteiger partial charge in [-0.1, -0.05) is 0 Å². The van der Waals surface area contributed by atoms with Crippen LogP contribution in [-0.2, 0) is 11.0 Å². The van der Waals surface area contributed by atoms with Crippen LogP contribution in [0, 0.1) is 6.92 Å². The number of hydrogen-bond donors (Lipinski definition) is 1. The van der Waals surface area contributed by atoms with Crippen molar-refractivity contribution >= 4 is 21.8 Å². The lowest BCUT2D eigenvalue weighted by Gasteiger charge is -2.14. The van der Waals surface area contributed by atoms with Crippen LogP contribution in [0.2, 0.25) is 0 Å². The van der Waals surface area contributed by atoms with Gasteiger partial charge in [0, 0.05) is 6.04 Å². The van der Waals surface area contributed by atoms with Crippen LogP contribution >= 0.6 is 15.9 Å². The summed E-state index contributed by atoms with van der Waals surface area (Å²) in [5, 5.41) is 6.26. The highest BCUT2D eigenvalue weighted by atomic mass is 79.9. The average molecular weight is 340 g/mol. The molecule has 1 aromatic rings. The van der Waals surface area contributed by atoms with Gasteiger partial charge in [-0.05, 0) is 42.6 Å². The number of nitrogens with one attached hydrogen (secondary N) is 1. The second-order valence-electron chi connectivity index (χ2n) is 4.65. The minimum atomic E-state index is -4.54. The van der Waals surface area contributed by atoms with Crippen molar-refractivity contribution in [2.24, 2.45) is 0 Å². The van der Waals surface area contributed by atoms with E-state index in [0.717, 1.165) is 17.5 Å². The number of amides is 1. The summed E-state index contributed by atoms with van der Waals surface area (Å²) < 4.78 is 39.1. The molecule has 1 aromatic heterocycles. The third kappa shape index (κ3) is 2.93. The molecule has 1 unspecified atom stereocenters. The van der Waals surface area contributed by atoms with E-state index in [1.807, 2.05) is 0 Å². The van der Waals surface area contributed by atoms with Crippen LogP contribution in [0.1, 0.15) is 37.2 Å². The number of carbonyl (C=O) groups is 1. The van der Waals surface area contributed by atoms with Crippen LogP contribution < -0.4 is 5.32 Å². The Balaban J connectivity index is 2.26. The fourth-order valence-electron chi connectivity index (χ4n) is 1.72. The summed E-state index contributed by atoms with van der Waals surface area (Å²) in [6, 6.07) is -0.607. The van der Waals surface area contributed by atoms with Crippen LogP contribution in [0.3, 0.4) is 0 Å². The molecule has 0 radical (unpaired) electrons. The normalized spacial score (nSPS) is 17.4. The van der Waals surface area contributed by atoms with Gasteiger partial charge in [0.25, 0.3) is 0 Å². The maximum absolute atomic E-state index is 12.7. The molecule has 0 aromatic carbocycles. The van der Waals surface area contributed by atoms with Gasteiger partial charge in [-0.15, -0.1) is 0 Å². The van der Waals surface area contributed by atoms with E-state index in [9.17, 15) is 18.0 Å². The van der Waals surface area contributed by atoms with Gasteiger partial charge in [-0.3, -0.25) is 9.48 Å². The number of hydrogen-bond acceptors (Lipinski definition) is 2. The minimum Gasteiger partial charge on any atom is -0.352 e. The first-order chi connectivity index (χ1) is 8.71. The smallest absolute Gasteiger partial charge is 0.352 e. The summed E-state index contributed by atoms with van der Waals surface area (Å²) in [5.41, 5.74) is -0.721. The molecule has 2 rings (SSSR count). The fourth-order valence-corrected chi connectivity index (χ4v) is 2.20. The van der Waals surface area contributed by atoms with Crippen molar-refractivity contribution in [3.05, 3.63) is 15.9 Å². The predicted molar refractivity (Wildman–Crippen MR) is 65.5 cm³/mol. The van der Waals surface area contributed by atoms with Gasteiger partial charge >= 0.3 is 6.18 Å². The fraction of sp³-hybridized carbons (Fsp3) is 0.636. The summed E-state index contributed by atoms with van der Waals surface area (Å²) in [5.74, 6) is -0.311. The maximum atomic E-state index is 12.7. The van der Waals surface area contributed by atoms with Gasteiger partial charge in [-0.2, -0.15) is 18.3 Å². The van der Waals surface area contributed by atoms with Crippen molar-refractivity contribution in [2.75, 3.05) is 0 Å². The lowest BCUT2D eigenvalue weighted by atomic mass is 10.3. The molecule has 19 heavy (non-hydrogen) atoms. The molecule has 1 aliphatic rings. The molecule has 0 aliphatic heterocycles. The molecule has 1 aliphatic carbocycles. The highest BCUT2D eigenvalue weighted by Gasteiger charge is 2.39. The Bertz CT molecular complexity index is 508. The molecule has 8 heteroatoms. The van der Waals surface area contributed by atoms with Crippen molar-refractivity contribution in [2.45, 2.75) is 44.9 Å². The van der Waals surface area contributed by atoms with Crippen molar-refractivity contribution < 1.29 is 18.0 Å². The van der Waals surface area contributed by atoms with Crippen LogP contribution in [0.5, 0.6) is 0 Å². The lowest BCUT2D eigenvalue weighted by molar-refractivity contribution is -0.142. The summed E-state index contributed by atoms with van der Waals surface area (Å²) in [7, 11) is 0. The molecule has 106 valence electrons. The minimum absolute atomic E-state index is 0.119. The summed E-state index contributed by atoms with van der Waals surface area (Å²) in [6.45, 7) is 3.03. The Morgan fingerprint density at radius 1 is 1.53 bits per heavy atom. The first-order valence-corrected chi connectivity index (χ1v) is 6.63. The molecule has 4 nitrogen and oxygen atoms in total. The van der Waals surface area contributed by atoms with Gasteiger partial charge < -0.3 is 5.32 Å². The van der Waals surface area contributed by atoms with Crippen LogP contribution in [-0.4, -0.2) is 21.7 Å². The van der Waals surface area contributed by atoms with E-state index >= 15 is 0 Å². The van der Waals surface area contributed by atoms with Gasteiger partial charge in [-0.25, -0.2) is 0 Å². The van der Waals surface area contributed by atoms with Crippen molar-refractivity contribution in [3.63, 3.8) is 0 Å². The number of alkyl halides is 3. The molecule has 1 amide bonds. The third-order valence-corrected chi connectivity index (χ3v) is 3.96. The Kier molecular flexibility index (Phi) is 3.63. The van der Waals surface area contributed by atoms with Crippen molar-refractivity contribution in [1.29, 1.82) is 0 Å². The van der Waals surface area contributed by atoms with E-state index in [1.165, 1.54) is 13.8 Å². The highest BCUT2D eigenvalue weighted by molar-refractivity contribution is 9.10. The van der Waals surface area contributed by atoms with Gasteiger partial charge in [0.2, 0.25) is 5.91 Å². The second kappa shape index (κ2) is 4.81. The average Bonchev–Trinajstić information content (AvgIpc) is 3.05. The zero-order valence-corrected chi connectivity index (χ0v) is 12.0. The van der Waals surface area contributed by atoms with Crippen LogP contribution in [0.4, 0.5) is 13.2 Å². The van der Waals surface area contributed by atoms with Crippen molar-refractivity contribution in [3.8, 4) is 0 Å². The highest BCUT2D eigenvalue weighted by Crippen LogP contribution is 2.36. The number of aromatic nitrogens is 2. The topological polar surface area (TPSA) is 46.9 Å². The van der Waals surface area contributed by atoms with Gasteiger partial charge in [0.15, 0.2) is 5.69 Å². The molecule has 1 saturated carbocycles. The quantitative estimate of drug-likeness (QED) is 0.920. The molecule has 0 saturated heterocycles. The summed E-state index contributed by atoms with van der Waals surface area (Å²) >= 11 is 2.88. The standard InChI is InChI=1S/C11H13BrF3N3O/c1-5-8(12)9(11(13,14)15)17-18(5)6(2)10(19)16-7-3-4-7/h6-7H,3-4H2,1-2H3,(H,16,19). The summed E-state index contributed by atoms with van der Waals surface area (Å²) in [6.07, 6.45) is -2.69. The second-order valence-corrected chi connectivity index (χ2v) is 5.44. The number of carbonyl (C=O) groups excluding carboxylic acids is 1. The molecular formula is C11H13BrF3N3O. The third-order valence-electron chi connectivity index (χ3n) is 3.02. The molecule has 1 heterocycles. The molecule has 1 fully saturated rings. The molecule has 0 bridgehead atoms. The van der Waals surface area contributed by atoms with E-state index in [-0.39, 0.29) is 22.1 Å². The van der Waals surface area contributed by atoms with E-state index in [1.54, 1.807) is 0 Å². The Hall–Kier alpha value is -1.05. The molecule has 0 spiro atoms. The van der Waals surface area contributed by atoms with Crippen LogP contribution in [0.25, 0.3) is 0 Å². The number of rotatable bonds is 3. The van der Waals surface area contributed by atoms with E-state index in [2.05, 4.69) is 26.3 Å². The summed E-state index contributed by atoms with van der Waals surface area (Å²) in [4.78, 5) is 11.8. The zero-order chi connectivity index (χ0) is 14.4. The van der Waals surface area contributed by atoms with E-state index < -0.39 is 17.9 Å². The Morgan fingerprint density at radius 2 is 2.11 bits per heavy atom. The molecular weight excluding hydrogens is 327 g/mol. The SMILES string of the molecule is Cc1c(Br)c(C(F)(F)F)nn1C(C)C(=O)NC1CC1. The number of halogens is 4. The lowest BCUT2D eigenvalue weighted by Crippen LogP contribution is -2.33. The Morgan fingerprint density at radius 3 is 2.53 bits per heavy atom. The number of nitrogens with zero attached hydrogens (tertiary/aromatic N) is 2. The predicted octanol–water partition coefficient (Wildman–Crippen LogP) is 2.81. The monoisotopic (exact) mass is 339 g/mol. The maximum Gasteiger partial charge on any atom is 0.436 e. The first kappa shape index (κ1) is 14.4. The van der Waals surface area contributed by atoms with E-state index in [4.69, 9.17) is 0 Å². The van der Waals surface area contributed by atoms with Gasteiger partial charge in [0.05, 0.1) is 10.2 Å².